The van der Waals surface area contributed by atoms with Crippen LogP contribution in [0.1, 0.15) is 28.1 Å². The summed E-state index contributed by atoms with van der Waals surface area (Å²) >= 11 is 1.59. The van der Waals surface area contributed by atoms with Crippen LogP contribution in [0.3, 0.4) is 0 Å². The molecule has 0 bridgehead atoms. The lowest BCUT2D eigenvalue weighted by Crippen LogP contribution is -2.44. The van der Waals surface area contributed by atoms with Crippen LogP contribution in [0.5, 0.6) is 0 Å². The van der Waals surface area contributed by atoms with E-state index in [2.05, 4.69) is 5.32 Å². The van der Waals surface area contributed by atoms with Crippen molar-refractivity contribution in [2.45, 2.75) is 28.9 Å². The topological polar surface area (TPSA) is 72.5 Å². The number of hydrogen-bond acceptors (Lipinski definition) is 5. The summed E-state index contributed by atoms with van der Waals surface area (Å²) in [6.07, 6.45) is 1.43. The van der Waals surface area contributed by atoms with Crippen molar-refractivity contribution in [1.82, 2.24) is 5.32 Å². The predicted octanol–water partition coefficient (Wildman–Crippen LogP) is 3.22. The van der Waals surface area contributed by atoms with E-state index in [0.29, 0.717) is 26.1 Å². The average Bonchev–Trinajstić information content (AvgIpc) is 3.22. The molecule has 3 rings (SSSR count). The maximum atomic E-state index is 12.9. The first kappa shape index (κ1) is 19.9. The molecule has 2 heterocycles. The van der Waals surface area contributed by atoms with Gasteiger partial charge in [-0.25, -0.2) is 8.42 Å². The first-order valence-corrected chi connectivity index (χ1v) is 10.8. The van der Waals surface area contributed by atoms with E-state index in [1.807, 2.05) is 17.5 Å². The molecule has 0 aliphatic carbocycles. The van der Waals surface area contributed by atoms with Crippen molar-refractivity contribution < 1.29 is 26.7 Å². The van der Waals surface area contributed by atoms with Gasteiger partial charge in [0.1, 0.15) is 0 Å². The van der Waals surface area contributed by atoms with E-state index >= 15 is 0 Å². The lowest BCUT2D eigenvalue weighted by atomic mass is 9.78. The van der Waals surface area contributed by atoms with E-state index in [1.54, 1.807) is 11.3 Å². The van der Waals surface area contributed by atoms with Gasteiger partial charge in [0.05, 0.1) is 10.5 Å². The number of carbonyl (C=O) groups is 1. The molecule has 0 saturated carbocycles. The maximum absolute atomic E-state index is 12.9. The number of sulfone groups is 1. The largest absolute Gasteiger partial charge is 0.381 e. The number of hydrogen-bond donors (Lipinski definition) is 1. The highest BCUT2D eigenvalue weighted by Crippen LogP contribution is 2.37. The number of halogens is 2. The van der Waals surface area contributed by atoms with Gasteiger partial charge in [-0.15, -0.1) is 11.3 Å². The third kappa shape index (κ3) is 4.04. The van der Waals surface area contributed by atoms with Gasteiger partial charge >= 0.3 is 5.76 Å². The Morgan fingerprint density at radius 3 is 2.52 bits per heavy atom. The van der Waals surface area contributed by atoms with Crippen molar-refractivity contribution in [3.63, 3.8) is 0 Å². The van der Waals surface area contributed by atoms with Crippen LogP contribution in [0.4, 0.5) is 8.78 Å². The van der Waals surface area contributed by atoms with E-state index < -0.39 is 26.4 Å². The molecule has 1 aliphatic rings. The standard InChI is InChI=1S/C18H19F2NO4S2/c19-17(20)27(23,24)14-5-2-1-4-13(14)16(22)21-12-18(7-9-25-10-8-18)15-6-3-11-26-15/h1-6,11,17H,7-10,12H2,(H,21,22). The zero-order valence-electron chi connectivity index (χ0n) is 14.4. The van der Waals surface area contributed by atoms with Crippen molar-refractivity contribution in [3.8, 4) is 0 Å². The van der Waals surface area contributed by atoms with Gasteiger partial charge in [0.15, 0.2) is 0 Å². The SMILES string of the molecule is O=C(NCC1(c2cccs2)CCOCC1)c1ccccc1S(=O)(=O)C(F)F. The second kappa shape index (κ2) is 8.04. The number of nitrogens with one attached hydrogen (secondary N) is 1. The fourth-order valence-electron chi connectivity index (χ4n) is 3.20. The number of alkyl halides is 2. The molecule has 1 aliphatic heterocycles. The van der Waals surface area contributed by atoms with E-state index in [9.17, 15) is 22.0 Å². The lowest BCUT2D eigenvalue weighted by Gasteiger charge is -2.36. The van der Waals surface area contributed by atoms with Crippen LogP contribution in [-0.4, -0.2) is 39.8 Å². The lowest BCUT2D eigenvalue weighted by molar-refractivity contribution is 0.0498. The molecule has 9 heteroatoms. The number of carbonyl (C=O) groups excluding carboxylic acids is 1. The van der Waals surface area contributed by atoms with Crippen LogP contribution < -0.4 is 5.32 Å². The number of thiophene rings is 1. The third-order valence-electron chi connectivity index (χ3n) is 4.75. The van der Waals surface area contributed by atoms with Crippen molar-refractivity contribution >= 4 is 27.1 Å². The van der Waals surface area contributed by atoms with Gasteiger partial charge in [-0.05, 0) is 36.4 Å². The molecule has 5 nitrogen and oxygen atoms in total. The highest BCUT2D eigenvalue weighted by Gasteiger charge is 2.36. The third-order valence-corrected chi connectivity index (χ3v) is 7.31. The van der Waals surface area contributed by atoms with Crippen LogP contribution in [0, 0.1) is 0 Å². The molecule has 0 spiro atoms. The molecule has 1 N–H and O–H groups in total. The monoisotopic (exact) mass is 415 g/mol. The summed E-state index contributed by atoms with van der Waals surface area (Å²) < 4.78 is 55.0. The Morgan fingerprint density at radius 2 is 1.89 bits per heavy atom. The number of rotatable bonds is 6. The van der Waals surface area contributed by atoms with Crippen LogP contribution in [0.15, 0.2) is 46.7 Å². The number of ether oxygens (including phenoxy) is 1. The summed E-state index contributed by atoms with van der Waals surface area (Å²) in [5.41, 5.74) is -0.579. The summed E-state index contributed by atoms with van der Waals surface area (Å²) in [5, 5.41) is 4.71. The molecule has 1 aromatic heterocycles. The van der Waals surface area contributed by atoms with E-state index in [0.717, 1.165) is 10.9 Å². The van der Waals surface area contributed by atoms with Gasteiger partial charge in [-0.3, -0.25) is 4.79 Å². The minimum Gasteiger partial charge on any atom is -0.381 e. The number of benzene rings is 1. The predicted molar refractivity (Wildman–Crippen MR) is 98.0 cm³/mol. The Morgan fingerprint density at radius 1 is 1.19 bits per heavy atom. The van der Waals surface area contributed by atoms with Crippen molar-refractivity contribution in [2.24, 2.45) is 0 Å². The molecular weight excluding hydrogens is 396 g/mol. The molecule has 0 atom stereocenters. The minimum absolute atomic E-state index is 0.272. The normalized spacial score (nSPS) is 17.0. The van der Waals surface area contributed by atoms with Gasteiger partial charge in [-0.1, -0.05) is 18.2 Å². The fourth-order valence-corrected chi connectivity index (χ4v) is 5.11. The smallest absolute Gasteiger partial charge is 0.341 e. The Kier molecular flexibility index (Phi) is 5.92. The molecule has 0 unspecified atom stereocenters. The molecule has 146 valence electrons. The molecule has 2 aromatic rings. The van der Waals surface area contributed by atoms with E-state index in [-0.39, 0.29) is 17.5 Å². The fraction of sp³-hybridized carbons (Fsp3) is 0.389. The minimum atomic E-state index is -4.87. The van der Waals surface area contributed by atoms with Crippen LogP contribution in [0.25, 0.3) is 0 Å². The maximum Gasteiger partial charge on any atom is 0.341 e. The van der Waals surface area contributed by atoms with Crippen molar-refractivity contribution in [3.05, 3.63) is 52.2 Å². The van der Waals surface area contributed by atoms with E-state index in [4.69, 9.17) is 4.74 Å². The zero-order chi connectivity index (χ0) is 19.5. The highest BCUT2D eigenvalue weighted by atomic mass is 32.2. The van der Waals surface area contributed by atoms with Gasteiger partial charge in [-0.2, -0.15) is 8.78 Å². The van der Waals surface area contributed by atoms with Gasteiger partial charge < -0.3 is 10.1 Å². The second-order valence-corrected chi connectivity index (χ2v) is 9.19. The molecule has 1 aromatic carbocycles. The van der Waals surface area contributed by atoms with Crippen molar-refractivity contribution in [2.75, 3.05) is 19.8 Å². The van der Waals surface area contributed by atoms with Gasteiger partial charge in [0, 0.05) is 30.1 Å². The Hall–Kier alpha value is -1.84. The first-order chi connectivity index (χ1) is 12.9. The van der Waals surface area contributed by atoms with Crippen LogP contribution in [0.2, 0.25) is 0 Å². The molecule has 27 heavy (non-hydrogen) atoms. The average molecular weight is 415 g/mol. The number of amides is 1. The second-order valence-electron chi connectivity index (χ2n) is 6.35. The Balaban J connectivity index is 1.84. The Bertz CT molecular complexity index is 892. The quantitative estimate of drug-likeness (QED) is 0.786. The summed E-state index contributed by atoms with van der Waals surface area (Å²) in [6, 6.07) is 8.97. The van der Waals surface area contributed by atoms with Gasteiger partial charge in [0.2, 0.25) is 9.84 Å². The first-order valence-electron chi connectivity index (χ1n) is 8.38. The van der Waals surface area contributed by atoms with Crippen LogP contribution >= 0.6 is 11.3 Å². The van der Waals surface area contributed by atoms with Gasteiger partial charge in [0.25, 0.3) is 5.91 Å². The molecule has 1 amide bonds. The van der Waals surface area contributed by atoms with E-state index in [1.165, 1.54) is 18.2 Å². The molecular formula is C18H19F2NO4S2. The summed E-state index contributed by atoms with van der Waals surface area (Å²) in [7, 11) is -4.87. The van der Waals surface area contributed by atoms with Crippen molar-refractivity contribution in [1.29, 1.82) is 0 Å². The molecule has 0 radical (unpaired) electrons. The van der Waals surface area contributed by atoms with Crippen LogP contribution in [-0.2, 0) is 20.0 Å². The summed E-state index contributed by atoms with van der Waals surface area (Å²) in [6.45, 7) is 1.40. The summed E-state index contributed by atoms with van der Waals surface area (Å²) in [5.74, 6) is -4.27. The molecule has 1 fully saturated rings. The highest BCUT2D eigenvalue weighted by molar-refractivity contribution is 7.91. The zero-order valence-corrected chi connectivity index (χ0v) is 16.0. The Labute approximate surface area is 160 Å². The summed E-state index contributed by atoms with van der Waals surface area (Å²) in [4.78, 5) is 13.1. The molecule has 1 saturated heterocycles.